The van der Waals surface area contributed by atoms with Gasteiger partial charge in [0.05, 0.1) is 9.82 Å². The number of nitrogens with one attached hydrogen (secondary N) is 1. The van der Waals surface area contributed by atoms with Crippen molar-refractivity contribution in [2.45, 2.75) is 23.8 Å². The molecule has 1 atom stereocenters. The Morgan fingerprint density at radius 1 is 1.33 bits per heavy atom. The van der Waals surface area contributed by atoms with E-state index in [-0.39, 0.29) is 35.9 Å². The van der Waals surface area contributed by atoms with Crippen LogP contribution in [0.4, 0.5) is 5.69 Å². The number of carboxylic acids is 1. The van der Waals surface area contributed by atoms with Crippen molar-refractivity contribution in [1.29, 1.82) is 0 Å². The Morgan fingerprint density at radius 2 is 1.92 bits per heavy atom. The number of aliphatic imine (C=N–C) groups is 1. The first-order valence-corrected chi connectivity index (χ1v) is 8.17. The molecule has 24 heavy (non-hydrogen) atoms. The van der Waals surface area contributed by atoms with Crippen LogP contribution in [0, 0.1) is 10.1 Å². The van der Waals surface area contributed by atoms with Gasteiger partial charge in [-0.3, -0.25) is 19.9 Å². The van der Waals surface area contributed by atoms with E-state index < -0.39 is 27.0 Å². The molecule has 0 aliphatic rings. The Hall–Kier alpha value is -2.73. The van der Waals surface area contributed by atoms with Gasteiger partial charge >= 0.3 is 5.97 Å². The molecular weight excluding hydrogens is 342 g/mol. The Balaban J connectivity index is 2.82. The summed E-state index contributed by atoms with van der Waals surface area (Å²) in [6.45, 7) is 0.158. The molecule has 0 aliphatic heterocycles. The standard InChI is InChI=1S/C12H17N5O6S/c13-12(14)15-7-1-2-10(11(18)19)16-24(22,23)9-5-3-8(4-6-9)17(20)21/h3-6,10,16H,1-2,7H2,(H,18,19)(H4,13,14,15)/t10-/m0/s1. The molecule has 0 bridgehead atoms. The Bertz CT molecular complexity index is 727. The maximum absolute atomic E-state index is 12.2. The van der Waals surface area contributed by atoms with E-state index in [1.165, 1.54) is 0 Å². The molecule has 6 N–H and O–H groups in total. The molecule has 1 rings (SSSR count). The summed E-state index contributed by atoms with van der Waals surface area (Å²) in [4.78, 5) is 24.5. The van der Waals surface area contributed by atoms with Crippen LogP contribution in [-0.4, -0.2) is 43.0 Å². The van der Waals surface area contributed by atoms with Crippen molar-refractivity contribution < 1.29 is 23.2 Å². The number of rotatable bonds is 9. The molecule has 0 saturated carbocycles. The van der Waals surface area contributed by atoms with Crippen molar-refractivity contribution in [2.24, 2.45) is 16.5 Å². The molecule has 0 unspecified atom stereocenters. The summed E-state index contributed by atoms with van der Waals surface area (Å²) in [6, 6.07) is 2.71. The third-order valence-corrected chi connectivity index (χ3v) is 4.39. The average Bonchev–Trinajstić information content (AvgIpc) is 2.49. The maximum Gasteiger partial charge on any atom is 0.321 e. The van der Waals surface area contributed by atoms with Gasteiger partial charge in [-0.25, -0.2) is 8.42 Å². The molecule has 0 radical (unpaired) electrons. The third-order valence-electron chi connectivity index (χ3n) is 2.90. The molecule has 11 nitrogen and oxygen atoms in total. The first-order chi connectivity index (χ1) is 11.1. The van der Waals surface area contributed by atoms with Crippen molar-refractivity contribution in [3.63, 3.8) is 0 Å². The molecule has 0 spiro atoms. The van der Waals surface area contributed by atoms with Crippen LogP contribution in [0.25, 0.3) is 0 Å². The quantitative estimate of drug-likeness (QED) is 0.147. The number of hydrogen-bond acceptors (Lipinski definition) is 6. The zero-order valence-corrected chi connectivity index (χ0v) is 13.3. The van der Waals surface area contributed by atoms with Gasteiger partial charge in [0, 0.05) is 18.7 Å². The molecule has 0 fully saturated rings. The van der Waals surface area contributed by atoms with Gasteiger partial charge in [-0.05, 0) is 25.0 Å². The Labute approximate surface area is 137 Å². The van der Waals surface area contributed by atoms with Gasteiger partial charge in [-0.1, -0.05) is 0 Å². The first kappa shape index (κ1) is 19.3. The monoisotopic (exact) mass is 359 g/mol. The molecule has 0 amide bonds. The van der Waals surface area contributed by atoms with Gasteiger partial charge in [0.15, 0.2) is 5.96 Å². The lowest BCUT2D eigenvalue weighted by Gasteiger charge is -2.14. The summed E-state index contributed by atoms with van der Waals surface area (Å²) < 4.78 is 26.4. The van der Waals surface area contributed by atoms with Crippen molar-refractivity contribution in [3.05, 3.63) is 34.4 Å². The molecule has 12 heteroatoms. The summed E-state index contributed by atoms with van der Waals surface area (Å²) in [5.41, 5.74) is 9.99. The number of nitro benzene ring substituents is 1. The van der Waals surface area contributed by atoms with Gasteiger partial charge < -0.3 is 16.6 Å². The molecule has 132 valence electrons. The number of guanidine groups is 1. The van der Waals surface area contributed by atoms with Gasteiger partial charge in [-0.2, -0.15) is 4.72 Å². The van der Waals surface area contributed by atoms with E-state index in [9.17, 15) is 23.3 Å². The number of nitrogens with two attached hydrogens (primary N) is 2. The Kier molecular flexibility index (Phi) is 6.61. The van der Waals surface area contributed by atoms with E-state index in [2.05, 4.69) is 4.99 Å². The largest absolute Gasteiger partial charge is 0.480 e. The van der Waals surface area contributed by atoms with E-state index in [0.29, 0.717) is 0 Å². The minimum absolute atomic E-state index is 0.0294. The average molecular weight is 359 g/mol. The number of carbonyl (C=O) groups is 1. The van der Waals surface area contributed by atoms with E-state index in [4.69, 9.17) is 16.6 Å². The van der Waals surface area contributed by atoms with E-state index in [1.807, 2.05) is 4.72 Å². The predicted molar refractivity (Wildman–Crippen MR) is 84.8 cm³/mol. The second-order valence-corrected chi connectivity index (χ2v) is 6.43. The molecule has 0 saturated heterocycles. The highest BCUT2D eigenvalue weighted by Gasteiger charge is 2.25. The topological polar surface area (TPSA) is 191 Å². The summed E-state index contributed by atoms with van der Waals surface area (Å²) in [5, 5.41) is 19.7. The smallest absolute Gasteiger partial charge is 0.321 e. The van der Waals surface area contributed by atoms with E-state index >= 15 is 0 Å². The van der Waals surface area contributed by atoms with Crippen LogP contribution in [0.1, 0.15) is 12.8 Å². The van der Waals surface area contributed by atoms with Crippen LogP contribution in [-0.2, 0) is 14.8 Å². The summed E-state index contributed by atoms with van der Waals surface area (Å²) in [6.07, 6.45) is 0.218. The lowest BCUT2D eigenvalue weighted by molar-refractivity contribution is -0.384. The highest BCUT2D eigenvalue weighted by Crippen LogP contribution is 2.16. The zero-order valence-electron chi connectivity index (χ0n) is 12.5. The van der Waals surface area contributed by atoms with Crippen molar-refractivity contribution in [3.8, 4) is 0 Å². The molecule has 0 heterocycles. The van der Waals surface area contributed by atoms with Crippen LogP contribution in [0.3, 0.4) is 0 Å². The fraction of sp³-hybridized carbons (Fsp3) is 0.333. The number of hydrogen-bond donors (Lipinski definition) is 4. The molecular formula is C12H17N5O6S. The third kappa shape index (κ3) is 5.81. The van der Waals surface area contributed by atoms with Gasteiger partial charge in [0.1, 0.15) is 6.04 Å². The number of aliphatic carboxylic acids is 1. The van der Waals surface area contributed by atoms with Gasteiger partial charge in [0.25, 0.3) is 5.69 Å². The van der Waals surface area contributed by atoms with Crippen molar-refractivity contribution >= 4 is 27.6 Å². The number of sulfonamides is 1. The summed E-state index contributed by atoms with van der Waals surface area (Å²) in [7, 11) is -4.14. The highest BCUT2D eigenvalue weighted by atomic mass is 32.2. The lowest BCUT2D eigenvalue weighted by atomic mass is 10.2. The minimum atomic E-state index is -4.14. The normalized spacial score (nSPS) is 12.3. The molecule has 1 aromatic rings. The van der Waals surface area contributed by atoms with Crippen LogP contribution in [0.5, 0.6) is 0 Å². The number of nitrogens with zero attached hydrogens (tertiary/aromatic N) is 2. The van der Waals surface area contributed by atoms with E-state index in [1.54, 1.807) is 0 Å². The van der Waals surface area contributed by atoms with Crippen LogP contribution in [0.2, 0.25) is 0 Å². The summed E-state index contributed by atoms with van der Waals surface area (Å²) in [5.74, 6) is -1.50. The van der Waals surface area contributed by atoms with Crippen LogP contribution >= 0.6 is 0 Å². The fourth-order valence-corrected chi connectivity index (χ4v) is 2.96. The second-order valence-electron chi connectivity index (χ2n) is 4.71. The van der Waals surface area contributed by atoms with Gasteiger partial charge in [0.2, 0.25) is 10.0 Å². The number of benzene rings is 1. The summed E-state index contributed by atoms with van der Waals surface area (Å²) >= 11 is 0. The SMILES string of the molecule is NC(N)=NCCC[C@H](NS(=O)(=O)c1ccc([N+](=O)[O-])cc1)C(=O)O. The zero-order chi connectivity index (χ0) is 18.3. The van der Waals surface area contributed by atoms with Crippen molar-refractivity contribution in [2.75, 3.05) is 6.54 Å². The molecule has 0 aromatic heterocycles. The lowest BCUT2D eigenvalue weighted by Crippen LogP contribution is -2.40. The molecule has 1 aromatic carbocycles. The maximum atomic E-state index is 12.2. The van der Waals surface area contributed by atoms with Crippen molar-refractivity contribution in [1.82, 2.24) is 4.72 Å². The Morgan fingerprint density at radius 3 is 2.38 bits per heavy atom. The van der Waals surface area contributed by atoms with Crippen LogP contribution < -0.4 is 16.2 Å². The molecule has 0 aliphatic carbocycles. The fourth-order valence-electron chi connectivity index (χ4n) is 1.74. The van der Waals surface area contributed by atoms with E-state index in [0.717, 1.165) is 24.3 Å². The second kappa shape index (κ2) is 8.21. The minimum Gasteiger partial charge on any atom is -0.480 e. The number of non-ortho nitro benzene ring substituents is 1. The first-order valence-electron chi connectivity index (χ1n) is 6.68. The predicted octanol–water partition coefficient (Wildman–Crippen LogP) is -0.620. The number of carboxylic acid groups (broad SMARTS) is 1. The van der Waals surface area contributed by atoms with Crippen LogP contribution in [0.15, 0.2) is 34.2 Å². The number of nitro groups is 1. The van der Waals surface area contributed by atoms with Gasteiger partial charge in [-0.15, -0.1) is 0 Å². The highest BCUT2D eigenvalue weighted by molar-refractivity contribution is 7.89.